The second-order valence-electron chi connectivity index (χ2n) is 5.78. The lowest BCUT2D eigenvalue weighted by Crippen LogP contribution is -2.00. The molecule has 0 aliphatic rings. The maximum atomic E-state index is 11.0. The number of hydrogen-bond donors (Lipinski definition) is 0. The molecule has 0 radical (unpaired) electrons. The van der Waals surface area contributed by atoms with Crippen molar-refractivity contribution in [3.05, 3.63) is 79.8 Å². The van der Waals surface area contributed by atoms with E-state index in [0.29, 0.717) is 17.9 Å². The van der Waals surface area contributed by atoms with Crippen molar-refractivity contribution in [2.45, 2.75) is 27.1 Å². The van der Waals surface area contributed by atoms with E-state index in [0.717, 1.165) is 16.5 Å². The van der Waals surface area contributed by atoms with E-state index in [1.807, 2.05) is 36.6 Å². The number of aromatic nitrogens is 1. The van der Waals surface area contributed by atoms with Gasteiger partial charge in [0.15, 0.2) is 0 Å². The van der Waals surface area contributed by atoms with Crippen LogP contribution in [0, 0.1) is 24.0 Å². The highest BCUT2D eigenvalue weighted by atomic mass is 32.1. The largest absolute Gasteiger partial charge is 0.487 e. The van der Waals surface area contributed by atoms with Crippen LogP contribution in [0.25, 0.3) is 0 Å². The second-order valence-corrected chi connectivity index (χ2v) is 6.72. The van der Waals surface area contributed by atoms with E-state index in [9.17, 15) is 10.1 Å². The van der Waals surface area contributed by atoms with Gasteiger partial charge in [-0.15, -0.1) is 11.3 Å². The van der Waals surface area contributed by atoms with Gasteiger partial charge in [0.2, 0.25) is 0 Å². The Balaban J connectivity index is 1.58. The van der Waals surface area contributed by atoms with E-state index in [4.69, 9.17) is 9.47 Å². The van der Waals surface area contributed by atoms with E-state index in [1.165, 1.54) is 23.0 Å². The number of hydrogen-bond acceptors (Lipinski definition) is 6. The summed E-state index contributed by atoms with van der Waals surface area (Å²) < 4.78 is 11.4. The van der Waals surface area contributed by atoms with Crippen LogP contribution in [-0.4, -0.2) is 9.91 Å². The van der Waals surface area contributed by atoms with Crippen LogP contribution in [0.4, 0.5) is 5.69 Å². The first-order chi connectivity index (χ1) is 12.5. The van der Waals surface area contributed by atoms with E-state index in [-0.39, 0.29) is 12.3 Å². The molecular formula is C19H18N2O4S. The van der Waals surface area contributed by atoms with Gasteiger partial charge in [-0.05, 0) is 32.0 Å². The standard InChI is InChI=1S/C19H18N2O4S/c1-13-6-8-16(9-7-13)24-11-19-20-15(12-26-19)10-25-18-5-3-4-17(14(18)2)21(22)23/h3-9,12H,10-11H2,1-2H3. The molecule has 0 aliphatic carbocycles. The van der Waals surface area contributed by atoms with Crippen molar-refractivity contribution in [3.63, 3.8) is 0 Å². The topological polar surface area (TPSA) is 74.5 Å². The minimum Gasteiger partial charge on any atom is -0.487 e. The third-order valence-corrected chi connectivity index (χ3v) is 4.68. The zero-order valence-electron chi connectivity index (χ0n) is 14.5. The Morgan fingerprint density at radius 2 is 1.85 bits per heavy atom. The van der Waals surface area contributed by atoms with Crippen molar-refractivity contribution in [3.8, 4) is 11.5 Å². The van der Waals surface area contributed by atoms with E-state index in [1.54, 1.807) is 19.1 Å². The van der Waals surface area contributed by atoms with Crippen molar-refractivity contribution >= 4 is 17.0 Å². The van der Waals surface area contributed by atoms with Crippen LogP contribution in [0.2, 0.25) is 0 Å². The van der Waals surface area contributed by atoms with Gasteiger partial charge in [0.05, 0.1) is 16.2 Å². The zero-order valence-corrected chi connectivity index (χ0v) is 15.3. The molecule has 0 amide bonds. The molecule has 3 rings (SSSR count). The van der Waals surface area contributed by atoms with Crippen LogP contribution in [0.5, 0.6) is 11.5 Å². The Morgan fingerprint density at radius 3 is 2.58 bits per heavy atom. The van der Waals surface area contributed by atoms with Crippen LogP contribution < -0.4 is 9.47 Å². The maximum Gasteiger partial charge on any atom is 0.276 e. The van der Waals surface area contributed by atoms with Gasteiger partial charge in [0, 0.05) is 11.4 Å². The number of nitro groups is 1. The molecule has 0 fully saturated rings. The molecule has 0 saturated carbocycles. The summed E-state index contributed by atoms with van der Waals surface area (Å²) in [4.78, 5) is 15.1. The van der Waals surface area contributed by atoms with Gasteiger partial charge in [0.1, 0.15) is 29.7 Å². The average Bonchev–Trinajstić information content (AvgIpc) is 3.08. The smallest absolute Gasteiger partial charge is 0.276 e. The number of rotatable bonds is 7. The van der Waals surface area contributed by atoms with Gasteiger partial charge < -0.3 is 9.47 Å². The maximum absolute atomic E-state index is 11.0. The summed E-state index contributed by atoms with van der Waals surface area (Å²) in [6.45, 7) is 4.35. The summed E-state index contributed by atoms with van der Waals surface area (Å²) in [5, 5.41) is 13.7. The van der Waals surface area contributed by atoms with Gasteiger partial charge in [0.25, 0.3) is 5.69 Å². The molecular weight excluding hydrogens is 352 g/mol. The van der Waals surface area contributed by atoms with Crippen LogP contribution in [0.1, 0.15) is 21.8 Å². The molecule has 2 aromatic carbocycles. The third kappa shape index (κ3) is 4.37. The number of aryl methyl sites for hydroxylation is 1. The summed E-state index contributed by atoms with van der Waals surface area (Å²) >= 11 is 1.49. The molecule has 6 nitrogen and oxygen atoms in total. The highest BCUT2D eigenvalue weighted by Crippen LogP contribution is 2.27. The molecule has 3 aromatic rings. The van der Waals surface area contributed by atoms with E-state index in [2.05, 4.69) is 4.98 Å². The lowest BCUT2D eigenvalue weighted by molar-refractivity contribution is -0.385. The second kappa shape index (κ2) is 7.97. The average molecular weight is 370 g/mol. The van der Waals surface area contributed by atoms with Gasteiger partial charge in [-0.25, -0.2) is 4.98 Å². The summed E-state index contributed by atoms with van der Waals surface area (Å²) in [7, 11) is 0. The minimum atomic E-state index is -0.411. The lowest BCUT2D eigenvalue weighted by atomic mass is 10.2. The fourth-order valence-corrected chi connectivity index (χ4v) is 3.06. The van der Waals surface area contributed by atoms with Gasteiger partial charge in [-0.3, -0.25) is 10.1 Å². The Hall–Kier alpha value is -2.93. The molecule has 0 spiro atoms. The van der Waals surface area contributed by atoms with Crippen molar-refractivity contribution in [2.75, 3.05) is 0 Å². The van der Waals surface area contributed by atoms with Gasteiger partial charge in [-0.1, -0.05) is 23.8 Å². The molecule has 0 bridgehead atoms. The van der Waals surface area contributed by atoms with Gasteiger partial charge >= 0.3 is 0 Å². The fraction of sp³-hybridized carbons (Fsp3) is 0.211. The summed E-state index contributed by atoms with van der Waals surface area (Å²) in [5.74, 6) is 1.29. The monoisotopic (exact) mass is 370 g/mol. The molecule has 0 atom stereocenters. The summed E-state index contributed by atoms with van der Waals surface area (Å²) in [5.41, 5.74) is 2.51. The van der Waals surface area contributed by atoms with Crippen molar-refractivity contribution in [2.24, 2.45) is 0 Å². The van der Waals surface area contributed by atoms with E-state index < -0.39 is 4.92 Å². The van der Waals surface area contributed by atoms with Crippen LogP contribution >= 0.6 is 11.3 Å². The number of benzene rings is 2. The molecule has 1 aromatic heterocycles. The highest BCUT2D eigenvalue weighted by Gasteiger charge is 2.14. The van der Waals surface area contributed by atoms with Crippen LogP contribution in [-0.2, 0) is 13.2 Å². The van der Waals surface area contributed by atoms with Crippen LogP contribution in [0.3, 0.4) is 0 Å². The summed E-state index contributed by atoms with van der Waals surface area (Å²) in [6.07, 6.45) is 0. The van der Waals surface area contributed by atoms with E-state index >= 15 is 0 Å². The molecule has 0 saturated heterocycles. The number of ether oxygens (including phenoxy) is 2. The minimum absolute atomic E-state index is 0.0490. The third-order valence-electron chi connectivity index (χ3n) is 3.81. The normalized spacial score (nSPS) is 10.5. The molecule has 1 heterocycles. The van der Waals surface area contributed by atoms with Crippen molar-refractivity contribution in [1.29, 1.82) is 0 Å². The lowest BCUT2D eigenvalue weighted by Gasteiger charge is -2.07. The molecule has 0 unspecified atom stereocenters. The molecule has 0 aliphatic heterocycles. The predicted molar refractivity (Wildman–Crippen MR) is 99.8 cm³/mol. The fourth-order valence-electron chi connectivity index (χ4n) is 2.37. The Bertz CT molecular complexity index is 906. The number of thiazole rings is 1. The first-order valence-corrected chi connectivity index (χ1v) is 8.90. The number of nitro benzene ring substituents is 1. The highest BCUT2D eigenvalue weighted by molar-refractivity contribution is 7.09. The zero-order chi connectivity index (χ0) is 18.5. The molecule has 134 valence electrons. The first kappa shape index (κ1) is 17.9. The predicted octanol–water partition coefficient (Wildman–Crippen LogP) is 4.83. The Labute approximate surface area is 155 Å². The Kier molecular flexibility index (Phi) is 5.48. The Morgan fingerprint density at radius 1 is 1.08 bits per heavy atom. The first-order valence-electron chi connectivity index (χ1n) is 8.02. The van der Waals surface area contributed by atoms with Crippen LogP contribution in [0.15, 0.2) is 47.8 Å². The number of nitrogens with zero attached hydrogens (tertiary/aromatic N) is 2. The quantitative estimate of drug-likeness (QED) is 0.440. The molecule has 26 heavy (non-hydrogen) atoms. The molecule has 7 heteroatoms. The SMILES string of the molecule is Cc1ccc(OCc2nc(COc3cccc([N+](=O)[O-])c3C)cs2)cc1. The van der Waals surface area contributed by atoms with Crippen molar-refractivity contribution < 1.29 is 14.4 Å². The summed E-state index contributed by atoms with van der Waals surface area (Å²) in [6, 6.07) is 12.6. The van der Waals surface area contributed by atoms with Gasteiger partial charge in [-0.2, -0.15) is 0 Å². The van der Waals surface area contributed by atoms with Crippen molar-refractivity contribution in [1.82, 2.24) is 4.98 Å². The molecule has 0 N–H and O–H groups in total.